The summed E-state index contributed by atoms with van der Waals surface area (Å²) < 4.78 is 6.27. The Hall–Kier alpha value is -1.71. The van der Waals surface area contributed by atoms with E-state index in [1.54, 1.807) is 0 Å². The fraction of sp³-hybridized carbons (Fsp3) is 0.880. The second-order valence-corrected chi connectivity index (χ2v) is 11.2. The molecule has 1 amide bonds. The van der Waals surface area contributed by atoms with Crippen molar-refractivity contribution in [3.05, 3.63) is 0 Å². The van der Waals surface area contributed by atoms with Crippen LogP contribution in [0, 0.1) is 5.41 Å². The maximum Gasteiger partial charge on any atom is 0.305 e. The van der Waals surface area contributed by atoms with Gasteiger partial charge in [0.15, 0.2) is 5.96 Å². The highest BCUT2D eigenvalue weighted by Crippen LogP contribution is 2.39. The van der Waals surface area contributed by atoms with Crippen molar-refractivity contribution in [1.29, 1.82) is 0 Å². The quantitative estimate of drug-likeness (QED) is 0.357. The number of hydrogen-bond donors (Lipinski definition) is 3. The highest BCUT2D eigenvalue weighted by molar-refractivity contribution is 5.96. The maximum absolute atomic E-state index is 12.0. The number of amides is 1. The summed E-state index contributed by atoms with van der Waals surface area (Å²) in [5.74, 6) is -1.72. The molecule has 3 rings (SSSR count). The Labute approximate surface area is 204 Å². The molecule has 9 nitrogen and oxygen atoms in total. The zero-order valence-electron chi connectivity index (χ0n) is 21.1. The number of likely N-dealkylation sites (tertiary alicyclic amines) is 2. The van der Waals surface area contributed by atoms with Gasteiger partial charge in [0.1, 0.15) is 0 Å². The van der Waals surface area contributed by atoms with Crippen molar-refractivity contribution in [1.82, 2.24) is 9.80 Å². The molecule has 3 fully saturated rings. The Morgan fingerprint density at radius 3 is 2.53 bits per heavy atom. The van der Waals surface area contributed by atoms with Gasteiger partial charge in [0, 0.05) is 31.8 Å². The molecule has 194 valence electrons. The van der Waals surface area contributed by atoms with Gasteiger partial charge in [-0.2, -0.15) is 4.99 Å². The molecule has 2 saturated heterocycles. The summed E-state index contributed by atoms with van der Waals surface area (Å²) in [6, 6.07) is 0.193. The number of aliphatic carboxylic acids is 1. The molecule has 3 aliphatic rings. The summed E-state index contributed by atoms with van der Waals surface area (Å²) in [6.07, 6.45) is 11.8. The van der Waals surface area contributed by atoms with Gasteiger partial charge in [-0.1, -0.05) is 26.7 Å². The Morgan fingerprint density at radius 1 is 1.12 bits per heavy atom. The number of hydrogen-bond acceptors (Lipinski definition) is 5. The van der Waals surface area contributed by atoms with E-state index in [4.69, 9.17) is 21.3 Å². The molecule has 0 bridgehead atoms. The molecule has 1 aliphatic carbocycles. The lowest BCUT2D eigenvalue weighted by Crippen LogP contribution is -2.49. The van der Waals surface area contributed by atoms with E-state index in [1.807, 2.05) is 4.90 Å². The fourth-order valence-corrected chi connectivity index (χ4v) is 5.92. The van der Waals surface area contributed by atoms with E-state index >= 15 is 0 Å². The number of carbonyl (C=O) groups excluding carboxylic acids is 1. The third kappa shape index (κ3) is 7.92. The third-order valence-electron chi connectivity index (χ3n) is 7.83. The summed E-state index contributed by atoms with van der Waals surface area (Å²) >= 11 is 0. The standard InChI is InChI=1S/C25H45N5O4/c1-25(2)11-5-7-19(17-25)30-12-4-3-6-18(30)10-15-34-20-8-13-29(14-9-20)24(27)28-23(33)21(26)16-22(31)32/h18-21H,3-17,26H2,1-2H3,(H,31,32)(H2,27,28,33)/t18-,19+,21-/m0/s1. The number of nitrogens with two attached hydrogens (primary N) is 2. The van der Waals surface area contributed by atoms with Gasteiger partial charge in [-0.25, -0.2) is 0 Å². The number of piperidine rings is 2. The van der Waals surface area contributed by atoms with Gasteiger partial charge in [-0.15, -0.1) is 0 Å². The predicted octanol–water partition coefficient (Wildman–Crippen LogP) is 2.32. The lowest BCUT2D eigenvalue weighted by Gasteiger charge is -2.46. The van der Waals surface area contributed by atoms with Crippen LogP contribution in [0.2, 0.25) is 0 Å². The molecule has 0 aromatic heterocycles. The molecule has 0 unspecified atom stereocenters. The maximum atomic E-state index is 12.0. The van der Waals surface area contributed by atoms with Crippen molar-refractivity contribution in [2.75, 3.05) is 26.2 Å². The van der Waals surface area contributed by atoms with Crippen LogP contribution in [0.4, 0.5) is 0 Å². The second-order valence-electron chi connectivity index (χ2n) is 11.2. The summed E-state index contributed by atoms with van der Waals surface area (Å²) in [4.78, 5) is 31.1. The minimum atomic E-state index is -1.17. The summed E-state index contributed by atoms with van der Waals surface area (Å²) in [5.41, 5.74) is 12.0. The first kappa shape index (κ1) is 26.9. The van der Waals surface area contributed by atoms with Crippen LogP contribution in [0.15, 0.2) is 4.99 Å². The molecule has 2 aliphatic heterocycles. The predicted molar refractivity (Wildman–Crippen MR) is 132 cm³/mol. The minimum absolute atomic E-state index is 0.109. The van der Waals surface area contributed by atoms with Crippen LogP contribution in [-0.2, 0) is 14.3 Å². The summed E-state index contributed by atoms with van der Waals surface area (Å²) in [5, 5.41) is 8.76. The van der Waals surface area contributed by atoms with Crippen LogP contribution in [-0.4, -0.2) is 83.2 Å². The normalized spacial score (nSPS) is 28.0. The van der Waals surface area contributed by atoms with E-state index in [9.17, 15) is 9.59 Å². The van der Waals surface area contributed by atoms with Crippen molar-refractivity contribution in [3.8, 4) is 0 Å². The number of aliphatic imine (C=N–C) groups is 1. The molecule has 0 aromatic rings. The number of rotatable bonds is 8. The summed E-state index contributed by atoms with van der Waals surface area (Å²) in [7, 11) is 0. The molecule has 9 heteroatoms. The highest BCUT2D eigenvalue weighted by atomic mass is 16.5. The van der Waals surface area contributed by atoms with E-state index in [0.717, 1.165) is 31.9 Å². The molecular weight excluding hydrogens is 434 g/mol. The monoisotopic (exact) mass is 479 g/mol. The van der Waals surface area contributed by atoms with Crippen LogP contribution in [0.1, 0.15) is 84.5 Å². The highest BCUT2D eigenvalue weighted by Gasteiger charge is 2.35. The van der Waals surface area contributed by atoms with Crippen molar-refractivity contribution >= 4 is 17.8 Å². The lowest BCUT2D eigenvalue weighted by molar-refractivity contribution is -0.139. The average Bonchev–Trinajstić information content (AvgIpc) is 2.78. The van der Waals surface area contributed by atoms with Gasteiger partial charge in [0.2, 0.25) is 0 Å². The first-order valence-electron chi connectivity index (χ1n) is 13.1. The molecule has 1 saturated carbocycles. The molecule has 5 N–H and O–H groups in total. The Balaban J connectivity index is 1.40. The zero-order chi connectivity index (χ0) is 24.7. The van der Waals surface area contributed by atoms with Crippen LogP contribution < -0.4 is 11.5 Å². The van der Waals surface area contributed by atoms with E-state index in [2.05, 4.69) is 23.7 Å². The largest absolute Gasteiger partial charge is 0.481 e. The van der Waals surface area contributed by atoms with E-state index in [-0.39, 0.29) is 12.1 Å². The first-order valence-corrected chi connectivity index (χ1v) is 13.1. The van der Waals surface area contributed by atoms with Crippen molar-refractivity contribution < 1.29 is 19.4 Å². The van der Waals surface area contributed by atoms with Gasteiger partial charge in [0.25, 0.3) is 5.91 Å². The van der Waals surface area contributed by atoms with Crippen LogP contribution in [0.3, 0.4) is 0 Å². The Kier molecular flexibility index (Phi) is 9.74. The lowest BCUT2D eigenvalue weighted by atomic mass is 9.74. The van der Waals surface area contributed by atoms with Crippen LogP contribution >= 0.6 is 0 Å². The molecule has 0 spiro atoms. The molecule has 34 heavy (non-hydrogen) atoms. The molecule has 0 radical (unpaired) electrons. The zero-order valence-corrected chi connectivity index (χ0v) is 21.1. The fourth-order valence-electron chi connectivity index (χ4n) is 5.92. The Bertz CT molecular complexity index is 720. The SMILES string of the molecule is CC1(C)CCC[C@@H](N2CCCC[C@H]2CCOC2CCN(C(N)=NC(=O)[C@@H](N)CC(=O)O)CC2)C1. The van der Waals surface area contributed by atoms with Gasteiger partial charge in [-0.05, 0) is 63.3 Å². The number of carboxylic acid groups (broad SMARTS) is 1. The number of carboxylic acids is 1. The minimum Gasteiger partial charge on any atom is -0.481 e. The van der Waals surface area contributed by atoms with E-state index < -0.39 is 24.3 Å². The number of guanidine groups is 1. The smallest absolute Gasteiger partial charge is 0.305 e. The topological polar surface area (TPSA) is 134 Å². The third-order valence-corrected chi connectivity index (χ3v) is 7.83. The van der Waals surface area contributed by atoms with Crippen LogP contribution in [0.25, 0.3) is 0 Å². The average molecular weight is 480 g/mol. The molecular formula is C25H45N5O4. The molecule has 0 aromatic carbocycles. The van der Waals surface area contributed by atoms with E-state index in [0.29, 0.717) is 24.5 Å². The van der Waals surface area contributed by atoms with E-state index in [1.165, 1.54) is 51.5 Å². The van der Waals surface area contributed by atoms with Gasteiger partial charge >= 0.3 is 5.97 Å². The van der Waals surface area contributed by atoms with Crippen molar-refractivity contribution in [2.45, 2.75) is 109 Å². The summed E-state index contributed by atoms with van der Waals surface area (Å²) in [6.45, 7) is 8.18. The molecule has 3 atom stereocenters. The number of ether oxygens (including phenoxy) is 1. The number of carbonyl (C=O) groups is 2. The van der Waals surface area contributed by atoms with Crippen LogP contribution in [0.5, 0.6) is 0 Å². The number of nitrogens with zero attached hydrogens (tertiary/aromatic N) is 3. The van der Waals surface area contributed by atoms with Gasteiger partial charge in [-0.3, -0.25) is 14.5 Å². The molecule has 2 heterocycles. The van der Waals surface area contributed by atoms with Gasteiger partial charge in [0.05, 0.1) is 18.6 Å². The Morgan fingerprint density at radius 2 is 1.85 bits per heavy atom. The van der Waals surface area contributed by atoms with Crippen molar-refractivity contribution in [2.24, 2.45) is 21.9 Å². The van der Waals surface area contributed by atoms with Crippen molar-refractivity contribution in [3.63, 3.8) is 0 Å². The van der Waals surface area contributed by atoms with Gasteiger partial charge < -0.3 is 26.2 Å². The first-order chi connectivity index (χ1) is 16.1. The second kappa shape index (κ2) is 12.3.